The van der Waals surface area contributed by atoms with Gasteiger partial charge >= 0.3 is 0 Å². The number of benzene rings is 1. The van der Waals surface area contributed by atoms with Crippen molar-refractivity contribution in [1.29, 1.82) is 0 Å². The van der Waals surface area contributed by atoms with Gasteiger partial charge in [-0.3, -0.25) is 4.79 Å². The number of carbonyl (C=O) groups is 1. The molecule has 0 unspecified atom stereocenters. The molecule has 0 atom stereocenters. The monoisotopic (exact) mass is 306 g/mol. The van der Waals surface area contributed by atoms with Crippen molar-refractivity contribution in [2.75, 3.05) is 19.6 Å². The quantitative estimate of drug-likeness (QED) is 0.646. The van der Waals surface area contributed by atoms with Crippen molar-refractivity contribution in [2.45, 2.75) is 6.92 Å². The molecule has 0 heterocycles. The molecule has 2 N–H and O–H groups in total. The van der Waals surface area contributed by atoms with Gasteiger partial charge in [-0.1, -0.05) is 6.92 Å². The van der Waals surface area contributed by atoms with E-state index in [1.54, 1.807) is 0 Å². The molecular weight excluding hydrogens is 294 g/mol. The fraction of sp³-hybridized carbons (Fsp3) is 0.364. The predicted octanol–water partition coefficient (Wildman–Crippen LogP) is 2.07. The zero-order chi connectivity index (χ0) is 12.8. The van der Waals surface area contributed by atoms with Gasteiger partial charge in [0.1, 0.15) is 0 Å². The van der Waals surface area contributed by atoms with Crippen LogP contribution in [0.25, 0.3) is 0 Å². The third-order valence-corrected chi connectivity index (χ3v) is 2.75. The molecule has 0 aromatic heterocycles. The minimum absolute atomic E-state index is 0.0837. The fourth-order valence-corrected chi connectivity index (χ4v) is 1.73. The molecule has 1 aromatic rings. The summed E-state index contributed by atoms with van der Waals surface area (Å²) in [7, 11) is 0. The van der Waals surface area contributed by atoms with Gasteiger partial charge in [0.25, 0.3) is 5.91 Å². The van der Waals surface area contributed by atoms with Crippen molar-refractivity contribution in [3.8, 4) is 0 Å². The molecule has 1 aromatic carbocycles. The van der Waals surface area contributed by atoms with Crippen molar-refractivity contribution < 1.29 is 13.6 Å². The van der Waals surface area contributed by atoms with Crippen LogP contribution in [0.15, 0.2) is 16.6 Å². The van der Waals surface area contributed by atoms with E-state index < -0.39 is 17.5 Å². The summed E-state index contributed by atoms with van der Waals surface area (Å²) in [6.07, 6.45) is 0. The molecule has 0 spiro atoms. The largest absolute Gasteiger partial charge is 0.351 e. The number of hydrogen-bond acceptors (Lipinski definition) is 2. The maximum Gasteiger partial charge on any atom is 0.252 e. The Bertz CT molecular complexity index is 413. The second-order valence-corrected chi connectivity index (χ2v) is 4.21. The van der Waals surface area contributed by atoms with Crippen molar-refractivity contribution in [3.05, 3.63) is 33.8 Å². The van der Waals surface area contributed by atoms with Gasteiger partial charge in [0.15, 0.2) is 11.6 Å². The van der Waals surface area contributed by atoms with E-state index in [4.69, 9.17) is 0 Å². The summed E-state index contributed by atoms with van der Waals surface area (Å²) in [6, 6.07) is 1.82. The Morgan fingerprint density at radius 3 is 2.59 bits per heavy atom. The molecule has 0 aliphatic carbocycles. The normalized spacial score (nSPS) is 10.4. The first kappa shape index (κ1) is 14.1. The Hall–Kier alpha value is -1.01. The van der Waals surface area contributed by atoms with Crippen LogP contribution in [0.5, 0.6) is 0 Å². The molecular formula is C11H13BrF2N2O. The number of halogens is 3. The highest BCUT2D eigenvalue weighted by atomic mass is 79.9. The van der Waals surface area contributed by atoms with Crippen LogP contribution in [-0.2, 0) is 0 Å². The molecule has 0 aliphatic rings. The summed E-state index contributed by atoms with van der Waals surface area (Å²) < 4.78 is 26.0. The molecule has 6 heteroatoms. The van der Waals surface area contributed by atoms with Gasteiger partial charge in [0.2, 0.25) is 0 Å². The molecule has 0 bridgehead atoms. The number of likely N-dealkylation sites (N-methyl/N-ethyl adjacent to an activating group) is 1. The van der Waals surface area contributed by atoms with Crippen LogP contribution in [-0.4, -0.2) is 25.5 Å². The van der Waals surface area contributed by atoms with E-state index in [0.29, 0.717) is 13.1 Å². The summed E-state index contributed by atoms with van der Waals surface area (Å²) in [5, 5.41) is 5.63. The zero-order valence-electron chi connectivity index (χ0n) is 9.32. The van der Waals surface area contributed by atoms with E-state index in [0.717, 1.165) is 18.7 Å². The topological polar surface area (TPSA) is 41.1 Å². The van der Waals surface area contributed by atoms with Crippen molar-refractivity contribution in [3.63, 3.8) is 0 Å². The smallest absolute Gasteiger partial charge is 0.252 e. The van der Waals surface area contributed by atoms with E-state index in [-0.39, 0.29) is 10.0 Å². The maximum absolute atomic E-state index is 13.0. The predicted molar refractivity (Wildman–Crippen MR) is 64.9 cm³/mol. The molecule has 1 amide bonds. The third-order valence-electron chi connectivity index (χ3n) is 2.09. The van der Waals surface area contributed by atoms with Gasteiger partial charge in [0, 0.05) is 17.6 Å². The summed E-state index contributed by atoms with van der Waals surface area (Å²) in [4.78, 5) is 11.6. The molecule has 0 fully saturated rings. The highest BCUT2D eigenvalue weighted by Gasteiger charge is 2.13. The number of nitrogens with one attached hydrogen (secondary N) is 2. The number of amides is 1. The molecule has 0 saturated carbocycles. The third kappa shape index (κ3) is 4.05. The SMILES string of the molecule is CCNCCNC(=O)c1cc(F)c(F)cc1Br. The molecule has 94 valence electrons. The van der Waals surface area contributed by atoms with Gasteiger partial charge in [-0.15, -0.1) is 0 Å². The Labute approximate surface area is 107 Å². The van der Waals surface area contributed by atoms with E-state index >= 15 is 0 Å². The highest BCUT2D eigenvalue weighted by molar-refractivity contribution is 9.10. The van der Waals surface area contributed by atoms with Gasteiger partial charge in [-0.05, 0) is 34.6 Å². The van der Waals surface area contributed by atoms with Gasteiger partial charge in [0.05, 0.1) is 5.56 Å². The molecule has 17 heavy (non-hydrogen) atoms. The van der Waals surface area contributed by atoms with E-state index in [1.807, 2.05) is 6.92 Å². The van der Waals surface area contributed by atoms with Crippen LogP contribution in [0.4, 0.5) is 8.78 Å². The van der Waals surface area contributed by atoms with Crippen molar-refractivity contribution >= 4 is 21.8 Å². The lowest BCUT2D eigenvalue weighted by Gasteiger charge is -2.07. The van der Waals surface area contributed by atoms with Gasteiger partial charge in [-0.25, -0.2) is 8.78 Å². The highest BCUT2D eigenvalue weighted by Crippen LogP contribution is 2.20. The lowest BCUT2D eigenvalue weighted by atomic mass is 10.2. The Kier molecular flexibility index (Phi) is 5.50. The first-order valence-electron chi connectivity index (χ1n) is 5.19. The summed E-state index contributed by atoms with van der Waals surface area (Å²) in [5.74, 6) is -2.46. The summed E-state index contributed by atoms with van der Waals surface area (Å²) in [6.45, 7) is 3.82. The fourth-order valence-electron chi connectivity index (χ4n) is 1.23. The molecule has 0 aliphatic heterocycles. The number of carbonyl (C=O) groups excluding carboxylic acids is 1. The molecule has 3 nitrogen and oxygen atoms in total. The van der Waals surface area contributed by atoms with Gasteiger partial charge in [-0.2, -0.15) is 0 Å². The second kappa shape index (κ2) is 6.66. The molecule has 1 rings (SSSR count). The summed E-state index contributed by atoms with van der Waals surface area (Å²) >= 11 is 3.02. The van der Waals surface area contributed by atoms with Crippen LogP contribution in [0.2, 0.25) is 0 Å². The van der Waals surface area contributed by atoms with Crippen LogP contribution in [0.3, 0.4) is 0 Å². The van der Waals surface area contributed by atoms with Crippen LogP contribution in [0, 0.1) is 11.6 Å². The number of rotatable bonds is 5. The first-order valence-corrected chi connectivity index (χ1v) is 5.99. The summed E-state index contributed by atoms with van der Waals surface area (Å²) in [5.41, 5.74) is 0.0837. The van der Waals surface area contributed by atoms with Crippen LogP contribution < -0.4 is 10.6 Å². The zero-order valence-corrected chi connectivity index (χ0v) is 10.9. The minimum Gasteiger partial charge on any atom is -0.351 e. The van der Waals surface area contributed by atoms with E-state index in [2.05, 4.69) is 26.6 Å². The van der Waals surface area contributed by atoms with Crippen molar-refractivity contribution in [1.82, 2.24) is 10.6 Å². The Morgan fingerprint density at radius 1 is 1.29 bits per heavy atom. The van der Waals surface area contributed by atoms with Crippen molar-refractivity contribution in [2.24, 2.45) is 0 Å². The average Bonchev–Trinajstić information content (AvgIpc) is 2.29. The first-order chi connectivity index (χ1) is 8.06. The van der Waals surface area contributed by atoms with E-state index in [9.17, 15) is 13.6 Å². The van der Waals surface area contributed by atoms with Crippen LogP contribution in [0.1, 0.15) is 17.3 Å². The minimum atomic E-state index is -1.04. The number of hydrogen-bond donors (Lipinski definition) is 2. The standard InChI is InChI=1S/C11H13BrF2N2O/c1-2-15-3-4-16-11(17)7-5-9(13)10(14)6-8(7)12/h5-6,15H,2-4H2,1H3,(H,16,17). The van der Waals surface area contributed by atoms with E-state index in [1.165, 1.54) is 0 Å². The average molecular weight is 307 g/mol. The Morgan fingerprint density at radius 2 is 1.94 bits per heavy atom. The molecule has 0 saturated heterocycles. The maximum atomic E-state index is 13.0. The lowest BCUT2D eigenvalue weighted by Crippen LogP contribution is -2.32. The Balaban J connectivity index is 2.66. The lowest BCUT2D eigenvalue weighted by molar-refractivity contribution is 0.0952. The van der Waals surface area contributed by atoms with Gasteiger partial charge < -0.3 is 10.6 Å². The molecule has 0 radical (unpaired) electrons. The second-order valence-electron chi connectivity index (χ2n) is 3.36. The van der Waals surface area contributed by atoms with Crippen LogP contribution >= 0.6 is 15.9 Å².